The molecule has 0 amide bonds. The lowest BCUT2D eigenvalue weighted by Gasteiger charge is -2.22. The largest absolute Gasteiger partial charge is 0.492 e. The van der Waals surface area contributed by atoms with Gasteiger partial charge in [0.25, 0.3) is 0 Å². The van der Waals surface area contributed by atoms with Crippen LogP contribution < -0.4 is 28.4 Å². The molecule has 2 aromatic rings. The topological polar surface area (TPSA) is 75.6 Å². The maximum Gasteiger partial charge on any atom is 0.231 e. The van der Waals surface area contributed by atoms with E-state index in [2.05, 4.69) is 13.2 Å². The van der Waals surface area contributed by atoms with Crippen molar-refractivity contribution in [3.63, 3.8) is 0 Å². The molecule has 0 bridgehead atoms. The molecular weight excluding hydrogens is 376 g/mol. The van der Waals surface area contributed by atoms with E-state index in [0.29, 0.717) is 57.6 Å². The summed E-state index contributed by atoms with van der Waals surface area (Å²) in [6.07, 6.45) is 2.78. The second-order valence-electron chi connectivity index (χ2n) is 6.46. The van der Waals surface area contributed by atoms with Crippen molar-refractivity contribution >= 4 is 0 Å². The van der Waals surface area contributed by atoms with Gasteiger partial charge in [0.1, 0.15) is 0 Å². The number of methoxy groups -OCH3 is 2. The Bertz CT molecular complexity index is 980. The molecular formula is C22H22O7. The van der Waals surface area contributed by atoms with E-state index in [9.17, 15) is 5.11 Å². The molecule has 7 heteroatoms. The third-order valence-corrected chi connectivity index (χ3v) is 4.92. The van der Waals surface area contributed by atoms with Crippen molar-refractivity contribution in [2.45, 2.75) is 12.5 Å². The number of aliphatic hydroxyl groups excluding tert-OH is 1. The van der Waals surface area contributed by atoms with Crippen LogP contribution in [-0.2, 0) is 6.42 Å². The molecule has 2 aromatic carbocycles. The fourth-order valence-corrected chi connectivity index (χ4v) is 3.69. The van der Waals surface area contributed by atoms with Crippen LogP contribution in [0.25, 0.3) is 11.1 Å². The van der Waals surface area contributed by atoms with Gasteiger partial charge in [-0.25, -0.2) is 0 Å². The second kappa shape index (κ2) is 7.60. The van der Waals surface area contributed by atoms with E-state index in [1.807, 2.05) is 6.07 Å². The zero-order chi connectivity index (χ0) is 20.5. The zero-order valence-corrected chi connectivity index (χ0v) is 16.3. The molecule has 1 N–H and O–H groups in total. The van der Waals surface area contributed by atoms with Gasteiger partial charge < -0.3 is 33.5 Å². The van der Waals surface area contributed by atoms with Crippen molar-refractivity contribution in [1.82, 2.24) is 0 Å². The van der Waals surface area contributed by atoms with E-state index in [0.717, 1.165) is 5.56 Å². The minimum atomic E-state index is -0.972. The van der Waals surface area contributed by atoms with Gasteiger partial charge in [0.2, 0.25) is 25.1 Å². The van der Waals surface area contributed by atoms with Crippen LogP contribution in [0.15, 0.2) is 37.4 Å². The van der Waals surface area contributed by atoms with Crippen LogP contribution >= 0.6 is 0 Å². The molecule has 0 saturated heterocycles. The van der Waals surface area contributed by atoms with Gasteiger partial charge in [-0.15, -0.1) is 13.2 Å². The first-order valence-electron chi connectivity index (χ1n) is 9.06. The summed E-state index contributed by atoms with van der Waals surface area (Å²) in [6, 6.07) is 3.62. The molecule has 7 nitrogen and oxygen atoms in total. The molecule has 2 aliphatic rings. The van der Waals surface area contributed by atoms with Gasteiger partial charge in [-0.05, 0) is 29.7 Å². The van der Waals surface area contributed by atoms with Crippen molar-refractivity contribution in [2.75, 3.05) is 27.8 Å². The van der Waals surface area contributed by atoms with Crippen molar-refractivity contribution < 1.29 is 33.5 Å². The third kappa shape index (κ3) is 2.94. The quantitative estimate of drug-likeness (QED) is 0.712. The lowest BCUT2D eigenvalue weighted by molar-refractivity contribution is 0.170. The summed E-state index contributed by atoms with van der Waals surface area (Å²) < 4.78 is 33.9. The molecule has 0 saturated carbocycles. The van der Waals surface area contributed by atoms with Crippen LogP contribution in [0.1, 0.15) is 17.2 Å². The number of hydrogen-bond donors (Lipinski definition) is 1. The Labute approximate surface area is 168 Å². The maximum absolute atomic E-state index is 10.7. The van der Waals surface area contributed by atoms with Crippen LogP contribution in [0.2, 0.25) is 0 Å². The second-order valence-corrected chi connectivity index (χ2v) is 6.46. The molecule has 2 aliphatic heterocycles. The average molecular weight is 398 g/mol. The molecule has 0 aliphatic carbocycles. The smallest absolute Gasteiger partial charge is 0.231 e. The van der Waals surface area contributed by atoms with Crippen LogP contribution in [0.5, 0.6) is 34.5 Å². The van der Waals surface area contributed by atoms with Crippen LogP contribution in [0, 0.1) is 0 Å². The van der Waals surface area contributed by atoms with Crippen LogP contribution in [0.3, 0.4) is 0 Å². The monoisotopic (exact) mass is 398 g/mol. The maximum atomic E-state index is 10.7. The SMILES string of the molecule is C=CCc1cc2c(c(OC)c1-c1c(C(O)C=C)cc3c(c1OC)OCO3)OCO2. The molecule has 2 heterocycles. The Hall–Kier alpha value is -3.32. The minimum absolute atomic E-state index is 0.0660. The number of ether oxygens (including phenoxy) is 6. The third-order valence-electron chi connectivity index (χ3n) is 4.92. The Balaban J connectivity index is 2.12. The molecule has 152 valence electrons. The van der Waals surface area contributed by atoms with Gasteiger partial charge in [-0.2, -0.15) is 0 Å². The van der Waals surface area contributed by atoms with Gasteiger partial charge in [0, 0.05) is 11.1 Å². The van der Waals surface area contributed by atoms with Crippen LogP contribution in [0.4, 0.5) is 0 Å². The number of aliphatic hydroxyl groups is 1. The molecule has 4 rings (SSSR count). The highest BCUT2D eigenvalue weighted by molar-refractivity contribution is 5.89. The van der Waals surface area contributed by atoms with Crippen molar-refractivity contribution in [2.24, 2.45) is 0 Å². The summed E-state index contributed by atoms with van der Waals surface area (Å²) in [5, 5.41) is 10.7. The first-order valence-corrected chi connectivity index (χ1v) is 9.06. The molecule has 0 radical (unpaired) electrons. The van der Waals surface area contributed by atoms with Crippen molar-refractivity contribution in [1.29, 1.82) is 0 Å². The average Bonchev–Trinajstić information content (AvgIpc) is 3.40. The fourth-order valence-electron chi connectivity index (χ4n) is 3.69. The van der Waals surface area contributed by atoms with Gasteiger partial charge in [-0.3, -0.25) is 0 Å². The van der Waals surface area contributed by atoms with E-state index in [4.69, 9.17) is 28.4 Å². The molecule has 0 spiro atoms. The normalized spacial score (nSPS) is 14.4. The summed E-state index contributed by atoms with van der Waals surface area (Å²) >= 11 is 0. The molecule has 29 heavy (non-hydrogen) atoms. The van der Waals surface area contributed by atoms with E-state index < -0.39 is 6.10 Å². The summed E-state index contributed by atoms with van der Waals surface area (Å²) in [7, 11) is 3.10. The number of fused-ring (bicyclic) bond motifs is 2. The Morgan fingerprint density at radius 1 is 0.966 bits per heavy atom. The predicted octanol–water partition coefficient (Wildman–Crippen LogP) is 3.78. The highest BCUT2D eigenvalue weighted by Crippen LogP contribution is 2.56. The highest BCUT2D eigenvalue weighted by Gasteiger charge is 2.33. The summed E-state index contributed by atoms with van der Waals surface area (Å²) in [6.45, 7) is 7.75. The summed E-state index contributed by atoms with van der Waals surface area (Å²) in [5.41, 5.74) is 2.72. The van der Waals surface area contributed by atoms with E-state index in [1.165, 1.54) is 13.2 Å². The Morgan fingerprint density at radius 2 is 1.55 bits per heavy atom. The first-order chi connectivity index (χ1) is 14.1. The number of allylic oxidation sites excluding steroid dienone is 1. The Morgan fingerprint density at radius 3 is 2.10 bits per heavy atom. The lowest BCUT2D eigenvalue weighted by Crippen LogP contribution is -2.04. The zero-order valence-electron chi connectivity index (χ0n) is 16.3. The predicted molar refractivity (Wildman–Crippen MR) is 106 cm³/mol. The summed E-state index contributed by atoms with van der Waals surface area (Å²) in [5.74, 6) is 2.95. The van der Waals surface area contributed by atoms with E-state index in [1.54, 1.807) is 19.3 Å². The van der Waals surface area contributed by atoms with Gasteiger partial charge in [0.05, 0.1) is 20.3 Å². The van der Waals surface area contributed by atoms with Crippen molar-refractivity contribution in [3.05, 3.63) is 48.6 Å². The summed E-state index contributed by atoms with van der Waals surface area (Å²) in [4.78, 5) is 0. The minimum Gasteiger partial charge on any atom is -0.492 e. The van der Waals surface area contributed by atoms with E-state index in [-0.39, 0.29) is 13.6 Å². The lowest BCUT2D eigenvalue weighted by atomic mass is 9.88. The van der Waals surface area contributed by atoms with E-state index >= 15 is 0 Å². The number of benzene rings is 2. The standard InChI is InChI=1S/C22H22O7/c1-5-7-12-8-15-19(28-10-26-15)21(24-3)17(12)18-13(14(23)6-2)9-16-20(22(18)25-4)29-11-27-16/h5-6,8-9,14,23H,1-2,7,10-11H2,3-4H3. The van der Waals surface area contributed by atoms with Crippen molar-refractivity contribution in [3.8, 4) is 45.6 Å². The molecule has 0 fully saturated rings. The highest BCUT2D eigenvalue weighted by atomic mass is 16.7. The fraction of sp³-hybridized carbons (Fsp3) is 0.273. The molecule has 1 atom stereocenters. The number of rotatable bonds is 7. The molecule has 0 aromatic heterocycles. The van der Waals surface area contributed by atoms with Gasteiger partial charge in [0.15, 0.2) is 23.0 Å². The van der Waals surface area contributed by atoms with Crippen LogP contribution in [-0.4, -0.2) is 32.9 Å². The first kappa shape index (κ1) is 19.0. The number of hydrogen-bond acceptors (Lipinski definition) is 7. The van der Waals surface area contributed by atoms with Gasteiger partial charge in [-0.1, -0.05) is 12.2 Å². The Kier molecular flexibility index (Phi) is 4.98. The molecule has 1 unspecified atom stereocenters. The van der Waals surface area contributed by atoms with Gasteiger partial charge >= 0.3 is 0 Å².